The van der Waals surface area contributed by atoms with Crippen molar-refractivity contribution in [3.8, 4) is 11.1 Å². The van der Waals surface area contributed by atoms with Crippen LogP contribution in [0.25, 0.3) is 17.2 Å². The minimum absolute atomic E-state index is 0.180. The Kier molecular flexibility index (Phi) is 7.39. The van der Waals surface area contributed by atoms with Crippen LogP contribution < -0.4 is 0 Å². The molecule has 1 aromatic heterocycles. The molecule has 0 bridgehead atoms. The monoisotopic (exact) mass is 435 g/mol. The lowest BCUT2D eigenvalue weighted by Crippen LogP contribution is -2.42. The van der Waals surface area contributed by atoms with E-state index in [4.69, 9.17) is 4.74 Å². The predicted molar refractivity (Wildman–Crippen MR) is 126 cm³/mol. The van der Waals surface area contributed by atoms with Crippen LogP contribution in [0, 0.1) is 35.4 Å². The maximum absolute atomic E-state index is 13.5. The van der Waals surface area contributed by atoms with E-state index in [2.05, 4.69) is 24.1 Å². The number of halogens is 1. The van der Waals surface area contributed by atoms with Crippen molar-refractivity contribution in [2.45, 2.75) is 52.4 Å². The molecule has 0 saturated heterocycles. The molecule has 2 aromatic rings. The summed E-state index contributed by atoms with van der Waals surface area (Å²) in [5, 5.41) is 0. The van der Waals surface area contributed by atoms with Crippen molar-refractivity contribution in [3.05, 3.63) is 60.2 Å². The number of fused-ring (bicyclic) bond motifs is 1. The molecular weight excluding hydrogens is 401 g/mol. The Labute approximate surface area is 191 Å². The highest BCUT2D eigenvalue weighted by atomic mass is 19.1. The first-order valence-corrected chi connectivity index (χ1v) is 12.1. The zero-order valence-electron chi connectivity index (χ0n) is 19.2. The Hall–Kier alpha value is -2.49. The summed E-state index contributed by atoms with van der Waals surface area (Å²) < 4.78 is 19.0. The molecule has 0 N–H and O–H groups in total. The van der Waals surface area contributed by atoms with Gasteiger partial charge in [0.15, 0.2) is 0 Å². The van der Waals surface area contributed by atoms with Gasteiger partial charge in [0.1, 0.15) is 5.82 Å². The Bertz CT molecular complexity index is 939. The molecule has 2 aliphatic rings. The maximum Gasteiger partial charge on any atom is 0.302 e. The number of benzene rings is 1. The van der Waals surface area contributed by atoms with Crippen LogP contribution in [0.5, 0.6) is 0 Å². The lowest BCUT2D eigenvalue weighted by atomic mass is 9.57. The van der Waals surface area contributed by atoms with E-state index >= 15 is 0 Å². The molecule has 4 heteroatoms. The fraction of sp³-hybridized carbons (Fsp3) is 0.500. The van der Waals surface area contributed by atoms with Gasteiger partial charge in [-0.05, 0) is 72.3 Å². The number of esters is 1. The quantitative estimate of drug-likeness (QED) is 0.462. The Morgan fingerprint density at radius 3 is 2.75 bits per heavy atom. The fourth-order valence-corrected chi connectivity index (χ4v) is 6.09. The number of rotatable bonds is 6. The molecular formula is C28H34FNO2. The van der Waals surface area contributed by atoms with Crippen LogP contribution in [0.2, 0.25) is 0 Å². The van der Waals surface area contributed by atoms with E-state index in [0.29, 0.717) is 30.3 Å². The lowest BCUT2D eigenvalue weighted by Gasteiger charge is -2.48. The molecule has 5 atom stereocenters. The van der Waals surface area contributed by atoms with Gasteiger partial charge in [0, 0.05) is 18.7 Å². The maximum atomic E-state index is 13.5. The summed E-state index contributed by atoms with van der Waals surface area (Å²) >= 11 is 0. The first-order valence-electron chi connectivity index (χ1n) is 12.1. The molecule has 3 nitrogen and oxygen atoms in total. The number of carbonyl (C=O) groups excluding carboxylic acids is 1. The Morgan fingerprint density at radius 2 is 2.03 bits per heavy atom. The number of aromatic nitrogens is 1. The van der Waals surface area contributed by atoms with Gasteiger partial charge in [-0.1, -0.05) is 56.9 Å². The van der Waals surface area contributed by atoms with Gasteiger partial charge in [-0.3, -0.25) is 9.78 Å². The second-order valence-electron chi connectivity index (χ2n) is 9.50. The van der Waals surface area contributed by atoms with Crippen LogP contribution in [0.1, 0.15) is 58.1 Å². The van der Waals surface area contributed by atoms with Crippen molar-refractivity contribution >= 4 is 12.0 Å². The molecule has 0 unspecified atom stereocenters. The molecule has 0 radical (unpaired) electrons. The van der Waals surface area contributed by atoms with Gasteiger partial charge in [-0.15, -0.1) is 0 Å². The van der Waals surface area contributed by atoms with Crippen molar-refractivity contribution in [3.63, 3.8) is 0 Å². The van der Waals surface area contributed by atoms with Gasteiger partial charge in [0.25, 0.3) is 0 Å². The minimum Gasteiger partial charge on any atom is -0.466 e. The summed E-state index contributed by atoms with van der Waals surface area (Å²) in [6, 6.07) is 10.6. The zero-order chi connectivity index (χ0) is 22.5. The Morgan fingerprint density at radius 1 is 1.19 bits per heavy atom. The van der Waals surface area contributed by atoms with Gasteiger partial charge in [-0.25, -0.2) is 4.39 Å². The van der Waals surface area contributed by atoms with Crippen molar-refractivity contribution in [1.29, 1.82) is 0 Å². The number of hydrogen-bond donors (Lipinski definition) is 0. The number of pyridine rings is 1. The topological polar surface area (TPSA) is 39.2 Å². The molecule has 2 saturated carbocycles. The molecule has 4 rings (SSSR count). The van der Waals surface area contributed by atoms with Gasteiger partial charge in [-0.2, -0.15) is 0 Å². The van der Waals surface area contributed by atoms with E-state index in [9.17, 15) is 9.18 Å². The third kappa shape index (κ3) is 5.28. The lowest BCUT2D eigenvalue weighted by molar-refractivity contribution is -0.144. The number of nitrogens with zero attached hydrogens (tertiary/aromatic N) is 1. The number of hydrogen-bond acceptors (Lipinski definition) is 3. The van der Waals surface area contributed by atoms with Crippen LogP contribution >= 0.6 is 0 Å². The highest BCUT2D eigenvalue weighted by molar-refractivity contribution is 5.66. The van der Waals surface area contributed by atoms with Gasteiger partial charge in [0.05, 0.1) is 12.3 Å². The fourth-order valence-electron chi connectivity index (χ4n) is 6.09. The number of ether oxygens (including phenoxy) is 1. The van der Waals surface area contributed by atoms with Crippen molar-refractivity contribution in [1.82, 2.24) is 4.98 Å². The standard InChI is InChI=1S/C28H34FNO2/c1-3-26-23(18-32-19(2)31)15-21-7-4-5-10-27(21)28(26)14-13-25-12-11-22(17-30-25)20-8-6-9-24(29)16-20/h6,8-9,11-14,16-17,21,23,26-28H,3-5,7,10,15,18H2,1-2H3/t21-,23-,26-,27+,28+/m0/s1. The SMILES string of the molecule is CC[C@H]1[C@H](COC(C)=O)C[C@@H]2CCCC[C@H]2[C@@H]1C=Cc1ccc(-c2cccc(F)c2)cn1. The van der Waals surface area contributed by atoms with Crippen molar-refractivity contribution < 1.29 is 13.9 Å². The van der Waals surface area contributed by atoms with Crippen LogP contribution in [0.4, 0.5) is 4.39 Å². The molecule has 2 fully saturated rings. The average molecular weight is 436 g/mol. The number of allylic oxidation sites excluding steroid dienone is 1. The number of carbonyl (C=O) groups is 1. The molecule has 0 aliphatic heterocycles. The van der Waals surface area contributed by atoms with Crippen LogP contribution in [-0.4, -0.2) is 17.6 Å². The van der Waals surface area contributed by atoms with Crippen LogP contribution in [-0.2, 0) is 9.53 Å². The summed E-state index contributed by atoms with van der Waals surface area (Å²) in [6.45, 7) is 4.31. The van der Waals surface area contributed by atoms with Gasteiger partial charge >= 0.3 is 5.97 Å². The summed E-state index contributed by atoms with van der Waals surface area (Å²) in [7, 11) is 0. The highest BCUT2D eigenvalue weighted by Gasteiger charge is 2.43. The molecule has 32 heavy (non-hydrogen) atoms. The third-order valence-electron chi connectivity index (χ3n) is 7.57. The summed E-state index contributed by atoms with van der Waals surface area (Å²) in [5.41, 5.74) is 2.68. The smallest absolute Gasteiger partial charge is 0.302 e. The third-order valence-corrected chi connectivity index (χ3v) is 7.57. The molecule has 1 heterocycles. The average Bonchev–Trinajstić information content (AvgIpc) is 2.81. The minimum atomic E-state index is -0.236. The molecule has 0 spiro atoms. The molecule has 0 amide bonds. The first kappa shape index (κ1) is 22.7. The van der Waals surface area contributed by atoms with E-state index in [0.717, 1.165) is 29.2 Å². The van der Waals surface area contributed by atoms with E-state index < -0.39 is 0 Å². The zero-order valence-corrected chi connectivity index (χ0v) is 19.2. The first-order chi connectivity index (χ1) is 15.5. The summed E-state index contributed by atoms with van der Waals surface area (Å²) in [4.78, 5) is 16.1. The highest BCUT2D eigenvalue weighted by Crippen LogP contribution is 2.50. The Balaban J connectivity index is 1.53. The summed E-state index contributed by atoms with van der Waals surface area (Å²) in [5.74, 6) is 2.47. The van der Waals surface area contributed by atoms with E-state index in [1.165, 1.54) is 51.2 Å². The van der Waals surface area contributed by atoms with E-state index in [1.807, 2.05) is 24.4 Å². The molecule has 2 aliphatic carbocycles. The molecule has 170 valence electrons. The largest absolute Gasteiger partial charge is 0.466 e. The van der Waals surface area contributed by atoms with Crippen molar-refractivity contribution in [2.75, 3.05) is 6.61 Å². The molecule has 1 aromatic carbocycles. The summed E-state index contributed by atoms with van der Waals surface area (Å²) in [6.07, 6.45) is 13.8. The van der Waals surface area contributed by atoms with Gasteiger partial charge < -0.3 is 4.74 Å². The van der Waals surface area contributed by atoms with Crippen molar-refractivity contribution in [2.24, 2.45) is 29.6 Å². The van der Waals surface area contributed by atoms with Crippen LogP contribution in [0.3, 0.4) is 0 Å². The van der Waals surface area contributed by atoms with E-state index in [-0.39, 0.29) is 11.8 Å². The van der Waals surface area contributed by atoms with E-state index in [1.54, 1.807) is 6.07 Å². The predicted octanol–water partition coefficient (Wildman–Crippen LogP) is 6.93. The van der Waals surface area contributed by atoms with Gasteiger partial charge in [0.2, 0.25) is 0 Å². The second-order valence-corrected chi connectivity index (χ2v) is 9.50. The second kappa shape index (κ2) is 10.4. The normalized spacial score (nSPS) is 27.8. The van der Waals surface area contributed by atoms with Crippen LogP contribution in [0.15, 0.2) is 48.7 Å².